The molecule has 1 nitrogen and oxygen atoms in total. The first kappa shape index (κ1) is 6.62. The van der Waals surface area contributed by atoms with Crippen LogP contribution in [0.2, 0.25) is 0 Å². The van der Waals surface area contributed by atoms with E-state index in [2.05, 4.69) is 12.3 Å². The van der Waals surface area contributed by atoms with Gasteiger partial charge in [0.1, 0.15) is 5.75 Å². The minimum atomic E-state index is 1.03. The fourth-order valence-electron chi connectivity index (χ4n) is 0.768. The lowest BCUT2D eigenvalue weighted by molar-refractivity contribution is 0.413. The Labute approximate surface area is 59.3 Å². The molecule has 0 radical (unpaired) electrons. The highest BCUT2D eigenvalue weighted by molar-refractivity contribution is 7.10. The third-order valence-electron chi connectivity index (χ3n) is 1.25. The first-order valence-corrected chi connectivity index (χ1v) is 3.86. The summed E-state index contributed by atoms with van der Waals surface area (Å²) >= 11 is 1.75. The second-order valence-corrected chi connectivity index (χ2v) is 2.77. The van der Waals surface area contributed by atoms with Crippen molar-refractivity contribution in [2.24, 2.45) is 0 Å². The highest BCUT2D eigenvalue weighted by Crippen LogP contribution is 2.24. The molecule has 1 aromatic heterocycles. The van der Waals surface area contributed by atoms with Crippen LogP contribution in [-0.4, -0.2) is 7.11 Å². The number of ether oxygens (including phenoxy) is 1. The number of aryl methyl sites for hydroxylation is 1. The summed E-state index contributed by atoms with van der Waals surface area (Å²) in [6, 6.07) is 2.00. The summed E-state index contributed by atoms with van der Waals surface area (Å²) in [5, 5.41) is 2.05. The molecule has 0 unspecified atom stereocenters. The zero-order valence-electron chi connectivity index (χ0n) is 5.68. The first-order valence-electron chi connectivity index (χ1n) is 2.98. The molecule has 2 heteroatoms. The molecule has 0 fully saturated rings. The zero-order valence-corrected chi connectivity index (χ0v) is 6.49. The van der Waals surface area contributed by atoms with Gasteiger partial charge in [-0.1, -0.05) is 6.92 Å². The Morgan fingerprint density at radius 1 is 1.67 bits per heavy atom. The molecule has 0 bridgehead atoms. The van der Waals surface area contributed by atoms with E-state index in [1.807, 2.05) is 6.07 Å². The molecule has 50 valence electrons. The van der Waals surface area contributed by atoms with Crippen LogP contribution >= 0.6 is 11.3 Å². The third kappa shape index (κ3) is 1.24. The smallest absolute Gasteiger partial charge is 0.132 e. The average Bonchev–Trinajstić information content (AvgIpc) is 2.33. The maximum atomic E-state index is 5.09. The fourth-order valence-corrected chi connectivity index (χ4v) is 1.56. The minimum absolute atomic E-state index is 1.03. The molecule has 0 aromatic carbocycles. The van der Waals surface area contributed by atoms with E-state index >= 15 is 0 Å². The quantitative estimate of drug-likeness (QED) is 0.615. The van der Waals surface area contributed by atoms with Gasteiger partial charge >= 0.3 is 0 Å². The lowest BCUT2D eigenvalue weighted by Gasteiger charge is -1.96. The molecule has 0 aliphatic rings. The molecule has 0 saturated carbocycles. The van der Waals surface area contributed by atoms with E-state index in [9.17, 15) is 0 Å². The van der Waals surface area contributed by atoms with E-state index in [1.54, 1.807) is 18.4 Å². The van der Waals surface area contributed by atoms with Gasteiger partial charge in [0.25, 0.3) is 0 Å². The molecule has 0 spiro atoms. The van der Waals surface area contributed by atoms with Crippen LogP contribution < -0.4 is 4.74 Å². The predicted octanol–water partition coefficient (Wildman–Crippen LogP) is 2.32. The van der Waals surface area contributed by atoms with Crippen LogP contribution in [0.5, 0.6) is 5.75 Å². The van der Waals surface area contributed by atoms with Crippen molar-refractivity contribution in [3.05, 3.63) is 16.3 Å². The topological polar surface area (TPSA) is 9.23 Å². The van der Waals surface area contributed by atoms with Crippen LogP contribution in [0.15, 0.2) is 11.4 Å². The first-order chi connectivity index (χ1) is 4.38. The highest BCUT2D eigenvalue weighted by atomic mass is 32.1. The van der Waals surface area contributed by atoms with Crippen molar-refractivity contribution in [2.45, 2.75) is 13.3 Å². The summed E-state index contributed by atoms with van der Waals surface area (Å²) in [5.41, 5.74) is 0. The van der Waals surface area contributed by atoms with Gasteiger partial charge in [-0.2, -0.15) is 0 Å². The van der Waals surface area contributed by atoms with Crippen molar-refractivity contribution in [3.8, 4) is 5.75 Å². The molecule has 0 atom stereocenters. The number of hydrogen-bond acceptors (Lipinski definition) is 2. The van der Waals surface area contributed by atoms with Crippen molar-refractivity contribution < 1.29 is 4.74 Å². The van der Waals surface area contributed by atoms with E-state index in [4.69, 9.17) is 4.74 Å². The molecular formula is C7H10OS. The third-order valence-corrected chi connectivity index (χ3v) is 2.29. The molecule has 0 amide bonds. The van der Waals surface area contributed by atoms with Crippen LogP contribution in [0.4, 0.5) is 0 Å². The van der Waals surface area contributed by atoms with Crippen LogP contribution in [0.1, 0.15) is 11.8 Å². The number of rotatable bonds is 2. The average molecular weight is 142 g/mol. The van der Waals surface area contributed by atoms with Gasteiger partial charge in [-0.3, -0.25) is 0 Å². The van der Waals surface area contributed by atoms with Gasteiger partial charge in [0.15, 0.2) is 0 Å². The highest BCUT2D eigenvalue weighted by Gasteiger charge is 1.98. The Hall–Kier alpha value is -0.500. The van der Waals surface area contributed by atoms with Gasteiger partial charge in [-0.15, -0.1) is 11.3 Å². The maximum absolute atomic E-state index is 5.09. The lowest BCUT2D eigenvalue weighted by Crippen LogP contribution is -1.82. The normalized spacial score (nSPS) is 9.56. The Morgan fingerprint density at radius 3 is 2.89 bits per heavy atom. The molecule has 1 heterocycles. The summed E-state index contributed by atoms with van der Waals surface area (Å²) in [7, 11) is 1.71. The van der Waals surface area contributed by atoms with Crippen molar-refractivity contribution >= 4 is 11.3 Å². The van der Waals surface area contributed by atoms with E-state index in [0.29, 0.717) is 0 Å². The molecule has 0 aliphatic carbocycles. The number of hydrogen-bond donors (Lipinski definition) is 0. The Morgan fingerprint density at radius 2 is 2.44 bits per heavy atom. The SMILES string of the molecule is CCc1sccc1OC. The van der Waals surface area contributed by atoms with Crippen LogP contribution in [-0.2, 0) is 6.42 Å². The fraction of sp³-hybridized carbons (Fsp3) is 0.429. The lowest BCUT2D eigenvalue weighted by atomic mass is 10.3. The molecule has 0 N–H and O–H groups in total. The van der Waals surface area contributed by atoms with Gasteiger partial charge in [-0.05, 0) is 17.9 Å². The molecule has 9 heavy (non-hydrogen) atoms. The van der Waals surface area contributed by atoms with Gasteiger partial charge in [0.2, 0.25) is 0 Å². The monoisotopic (exact) mass is 142 g/mol. The van der Waals surface area contributed by atoms with Gasteiger partial charge in [0, 0.05) is 4.88 Å². The van der Waals surface area contributed by atoms with Crippen molar-refractivity contribution in [1.82, 2.24) is 0 Å². The Balaban J connectivity index is 2.85. The summed E-state index contributed by atoms with van der Waals surface area (Å²) in [6.45, 7) is 2.13. The second-order valence-electron chi connectivity index (χ2n) is 1.77. The number of thiophene rings is 1. The van der Waals surface area contributed by atoms with Gasteiger partial charge in [-0.25, -0.2) is 0 Å². The summed E-state index contributed by atoms with van der Waals surface area (Å²) in [4.78, 5) is 1.33. The van der Waals surface area contributed by atoms with Crippen molar-refractivity contribution in [3.63, 3.8) is 0 Å². The summed E-state index contributed by atoms with van der Waals surface area (Å²) < 4.78 is 5.09. The Bertz CT molecular complexity index is 162. The van der Waals surface area contributed by atoms with Crippen molar-refractivity contribution in [1.29, 1.82) is 0 Å². The van der Waals surface area contributed by atoms with Gasteiger partial charge in [0.05, 0.1) is 7.11 Å². The predicted molar refractivity (Wildman–Crippen MR) is 40.2 cm³/mol. The maximum Gasteiger partial charge on any atom is 0.132 e. The summed E-state index contributed by atoms with van der Waals surface area (Å²) in [6.07, 6.45) is 1.07. The van der Waals surface area contributed by atoms with Crippen LogP contribution in [0, 0.1) is 0 Å². The largest absolute Gasteiger partial charge is 0.496 e. The van der Waals surface area contributed by atoms with Crippen LogP contribution in [0.25, 0.3) is 0 Å². The number of methoxy groups -OCH3 is 1. The van der Waals surface area contributed by atoms with E-state index in [-0.39, 0.29) is 0 Å². The summed E-state index contributed by atoms with van der Waals surface area (Å²) in [5.74, 6) is 1.03. The standard InChI is InChI=1S/C7H10OS/c1-3-7-6(8-2)4-5-9-7/h4-5H,3H2,1-2H3. The molecule has 0 saturated heterocycles. The molecule has 1 aromatic rings. The van der Waals surface area contributed by atoms with E-state index in [1.165, 1.54) is 4.88 Å². The molecular weight excluding hydrogens is 132 g/mol. The zero-order chi connectivity index (χ0) is 6.69. The van der Waals surface area contributed by atoms with Crippen LogP contribution in [0.3, 0.4) is 0 Å². The molecule has 1 rings (SSSR count). The Kier molecular flexibility index (Phi) is 2.11. The second kappa shape index (κ2) is 2.87. The minimum Gasteiger partial charge on any atom is -0.496 e. The van der Waals surface area contributed by atoms with Crippen molar-refractivity contribution in [2.75, 3.05) is 7.11 Å². The van der Waals surface area contributed by atoms with Gasteiger partial charge < -0.3 is 4.74 Å². The van der Waals surface area contributed by atoms with E-state index in [0.717, 1.165) is 12.2 Å². The molecule has 0 aliphatic heterocycles. The van der Waals surface area contributed by atoms with E-state index < -0.39 is 0 Å².